The van der Waals surface area contributed by atoms with Gasteiger partial charge >= 0.3 is 0 Å². The number of aromatic nitrogens is 4. The quantitative estimate of drug-likeness (QED) is 0.728. The van der Waals surface area contributed by atoms with E-state index < -0.39 is 0 Å². The van der Waals surface area contributed by atoms with Gasteiger partial charge in [0.25, 0.3) is 0 Å². The Bertz CT molecular complexity index is 509. The van der Waals surface area contributed by atoms with E-state index in [4.69, 9.17) is 5.26 Å². The maximum atomic E-state index is 8.50. The van der Waals surface area contributed by atoms with Crippen LogP contribution in [0, 0.1) is 18.3 Å². The lowest BCUT2D eigenvalue weighted by atomic mass is 10.2. The normalized spacial score (nSPS) is 9.87. The number of pyridine rings is 1. The monoisotopic (exact) mass is 199 g/mol. The molecule has 15 heavy (non-hydrogen) atoms. The van der Waals surface area contributed by atoms with Crippen molar-refractivity contribution >= 4 is 0 Å². The lowest BCUT2D eigenvalue weighted by Gasteiger charge is -1.97. The minimum atomic E-state index is 0.207. The smallest absolute Gasteiger partial charge is 0.131 e. The maximum Gasteiger partial charge on any atom is 0.131 e. The predicted octanol–water partition coefficient (Wildman–Crippen LogP) is 1.17. The zero-order valence-corrected chi connectivity index (χ0v) is 8.25. The van der Waals surface area contributed by atoms with E-state index in [1.165, 1.54) is 4.68 Å². The van der Waals surface area contributed by atoms with Crippen LogP contribution >= 0.6 is 0 Å². The Morgan fingerprint density at radius 1 is 1.53 bits per heavy atom. The predicted molar refractivity (Wildman–Crippen MR) is 53.6 cm³/mol. The maximum absolute atomic E-state index is 8.50. The average molecular weight is 199 g/mol. The fourth-order valence-electron chi connectivity index (χ4n) is 1.31. The Morgan fingerprint density at radius 2 is 2.40 bits per heavy atom. The van der Waals surface area contributed by atoms with Gasteiger partial charge < -0.3 is 0 Å². The second kappa shape index (κ2) is 3.88. The summed E-state index contributed by atoms with van der Waals surface area (Å²) in [5.74, 6) is 0. The summed E-state index contributed by atoms with van der Waals surface area (Å²) in [5, 5.41) is 16.3. The first kappa shape index (κ1) is 9.34. The van der Waals surface area contributed by atoms with E-state index in [2.05, 4.69) is 15.3 Å². The van der Waals surface area contributed by atoms with Crippen molar-refractivity contribution in [1.29, 1.82) is 5.26 Å². The highest BCUT2D eigenvalue weighted by Crippen LogP contribution is 2.16. The molecular weight excluding hydrogens is 190 g/mol. The molecule has 0 radical (unpaired) electrons. The van der Waals surface area contributed by atoms with Gasteiger partial charge in [0.05, 0.1) is 18.0 Å². The van der Waals surface area contributed by atoms with Gasteiger partial charge in [0.1, 0.15) is 12.2 Å². The van der Waals surface area contributed by atoms with Crippen LogP contribution in [0.15, 0.2) is 24.5 Å². The Labute approximate surface area is 87.0 Å². The van der Waals surface area contributed by atoms with Gasteiger partial charge in [0, 0.05) is 6.20 Å². The molecule has 2 heterocycles. The molecule has 0 aliphatic heterocycles. The van der Waals surface area contributed by atoms with Crippen LogP contribution in [0.2, 0.25) is 0 Å². The number of rotatable bonds is 2. The number of nitriles is 1. The second-order valence-corrected chi connectivity index (χ2v) is 3.13. The molecule has 0 aliphatic carbocycles. The molecule has 0 bridgehead atoms. The summed E-state index contributed by atoms with van der Waals surface area (Å²) in [5.41, 5.74) is 2.55. The minimum Gasteiger partial charge on any atom is -0.254 e. The summed E-state index contributed by atoms with van der Waals surface area (Å²) in [6, 6.07) is 5.84. The van der Waals surface area contributed by atoms with Crippen molar-refractivity contribution in [3.63, 3.8) is 0 Å². The molecule has 0 aliphatic rings. The van der Waals surface area contributed by atoms with Crippen molar-refractivity contribution in [1.82, 2.24) is 20.0 Å². The van der Waals surface area contributed by atoms with E-state index in [-0.39, 0.29) is 6.54 Å². The van der Waals surface area contributed by atoms with Gasteiger partial charge in [0.2, 0.25) is 0 Å². The highest BCUT2D eigenvalue weighted by Gasteiger charge is 2.06. The Kier molecular flexibility index (Phi) is 2.42. The van der Waals surface area contributed by atoms with Gasteiger partial charge in [0.15, 0.2) is 0 Å². The van der Waals surface area contributed by atoms with E-state index in [9.17, 15) is 0 Å². The third-order valence-corrected chi connectivity index (χ3v) is 2.02. The SMILES string of the molecule is Cc1cccnc1-c1cn(CC#N)nn1. The van der Waals surface area contributed by atoms with Crippen LogP contribution in [0.4, 0.5) is 0 Å². The van der Waals surface area contributed by atoms with Crippen LogP contribution in [0.5, 0.6) is 0 Å². The molecule has 2 aromatic heterocycles. The number of hydrogen-bond donors (Lipinski definition) is 0. The van der Waals surface area contributed by atoms with Crippen molar-refractivity contribution < 1.29 is 0 Å². The third-order valence-electron chi connectivity index (χ3n) is 2.02. The zero-order valence-electron chi connectivity index (χ0n) is 8.25. The molecule has 0 N–H and O–H groups in total. The van der Waals surface area contributed by atoms with Crippen LogP contribution in [0.25, 0.3) is 11.4 Å². The first-order chi connectivity index (χ1) is 7.31. The van der Waals surface area contributed by atoms with Crippen LogP contribution in [-0.4, -0.2) is 20.0 Å². The first-order valence-electron chi connectivity index (χ1n) is 4.50. The van der Waals surface area contributed by atoms with Gasteiger partial charge in [-0.2, -0.15) is 5.26 Å². The molecule has 0 saturated carbocycles. The third kappa shape index (κ3) is 1.83. The molecule has 0 unspecified atom stereocenters. The summed E-state index contributed by atoms with van der Waals surface area (Å²) in [6.45, 7) is 2.17. The Morgan fingerprint density at radius 3 is 3.13 bits per heavy atom. The topological polar surface area (TPSA) is 67.4 Å². The van der Waals surface area contributed by atoms with Gasteiger partial charge in [-0.1, -0.05) is 11.3 Å². The molecule has 0 amide bonds. The molecular formula is C10H9N5. The van der Waals surface area contributed by atoms with Crippen LogP contribution in [0.1, 0.15) is 5.56 Å². The number of nitrogens with zero attached hydrogens (tertiary/aromatic N) is 5. The van der Waals surface area contributed by atoms with Crippen molar-refractivity contribution in [2.45, 2.75) is 13.5 Å². The molecule has 5 heteroatoms. The lowest BCUT2D eigenvalue weighted by molar-refractivity contribution is 0.668. The molecule has 0 atom stereocenters. The fraction of sp³-hybridized carbons (Fsp3) is 0.200. The average Bonchev–Trinajstić information content (AvgIpc) is 2.68. The van der Waals surface area contributed by atoms with E-state index >= 15 is 0 Å². The van der Waals surface area contributed by atoms with E-state index in [1.54, 1.807) is 12.4 Å². The summed E-state index contributed by atoms with van der Waals surface area (Å²) in [4.78, 5) is 4.22. The van der Waals surface area contributed by atoms with E-state index in [0.29, 0.717) is 5.69 Å². The van der Waals surface area contributed by atoms with Crippen LogP contribution in [0.3, 0.4) is 0 Å². The fourth-order valence-corrected chi connectivity index (χ4v) is 1.31. The van der Waals surface area contributed by atoms with Crippen LogP contribution in [-0.2, 0) is 6.54 Å². The standard InChI is InChI=1S/C10H9N5/c1-8-3-2-5-12-10(8)9-7-15(6-4-11)14-13-9/h2-3,5,7H,6H2,1H3. The highest BCUT2D eigenvalue weighted by molar-refractivity contribution is 5.56. The van der Waals surface area contributed by atoms with Crippen molar-refractivity contribution in [2.24, 2.45) is 0 Å². The highest BCUT2D eigenvalue weighted by atomic mass is 15.4. The summed E-state index contributed by atoms with van der Waals surface area (Å²) < 4.78 is 1.49. The molecule has 0 saturated heterocycles. The lowest BCUT2D eigenvalue weighted by Crippen LogP contribution is -1.94. The summed E-state index contributed by atoms with van der Waals surface area (Å²) in [6.07, 6.45) is 3.43. The van der Waals surface area contributed by atoms with Gasteiger partial charge in [-0.15, -0.1) is 5.10 Å². The zero-order chi connectivity index (χ0) is 10.7. The van der Waals surface area contributed by atoms with Crippen molar-refractivity contribution in [2.75, 3.05) is 0 Å². The largest absolute Gasteiger partial charge is 0.254 e. The minimum absolute atomic E-state index is 0.207. The molecule has 2 rings (SSSR count). The van der Waals surface area contributed by atoms with Crippen molar-refractivity contribution in [3.8, 4) is 17.5 Å². The van der Waals surface area contributed by atoms with Gasteiger partial charge in [-0.25, -0.2) is 4.68 Å². The van der Waals surface area contributed by atoms with E-state index in [1.807, 2.05) is 25.1 Å². The van der Waals surface area contributed by atoms with Crippen molar-refractivity contribution in [3.05, 3.63) is 30.1 Å². The van der Waals surface area contributed by atoms with E-state index in [0.717, 1.165) is 11.3 Å². The Balaban J connectivity index is 2.38. The summed E-state index contributed by atoms with van der Waals surface area (Å²) in [7, 11) is 0. The molecule has 5 nitrogen and oxygen atoms in total. The molecule has 2 aromatic rings. The summed E-state index contributed by atoms with van der Waals surface area (Å²) >= 11 is 0. The second-order valence-electron chi connectivity index (χ2n) is 3.13. The molecule has 0 aromatic carbocycles. The van der Waals surface area contributed by atoms with Crippen LogP contribution < -0.4 is 0 Å². The molecule has 0 spiro atoms. The molecule has 74 valence electrons. The number of hydrogen-bond acceptors (Lipinski definition) is 4. The number of aryl methyl sites for hydroxylation is 1. The molecule has 0 fully saturated rings. The van der Waals surface area contributed by atoms with Gasteiger partial charge in [-0.3, -0.25) is 4.98 Å². The first-order valence-corrected chi connectivity index (χ1v) is 4.50. The Hall–Kier alpha value is -2.22. The van der Waals surface area contributed by atoms with Gasteiger partial charge in [-0.05, 0) is 18.6 Å².